The van der Waals surface area contributed by atoms with E-state index >= 15 is 0 Å². The molecular formula is C22H25N3. The fourth-order valence-corrected chi connectivity index (χ4v) is 3.58. The fraction of sp³-hybridized carbons (Fsp3) is 0.273. The third-order valence-corrected chi connectivity index (χ3v) is 5.14. The number of hydrogen-bond acceptors (Lipinski definition) is 3. The topological polar surface area (TPSA) is 32.5 Å². The van der Waals surface area contributed by atoms with Crippen LogP contribution in [0.1, 0.15) is 11.1 Å². The highest BCUT2D eigenvalue weighted by molar-refractivity contribution is 5.85. The van der Waals surface area contributed by atoms with Crippen molar-refractivity contribution in [2.24, 2.45) is 5.73 Å². The van der Waals surface area contributed by atoms with Gasteiger partial charge in [-0.3, -0.25) is 4.90 Å². The molecule has 3 nitrogen and oxygen atoms in total. The highest BCUT2D eigenvalue weighted by atomic mass is 15.3. The molecule has 0 radical (unpaired) electrons. The summed E-state index contributed by atoms with van der Waals surface area (Å²) in [7, 11) is 0. The number of anilines is 1. The summed E-state index contributed by atoms with van der Waals surface area (Å²) >= 11 is 0. The molecule has 1 aliphatic rings. The summed E-state index contributed by atoms with van der Waals surface area (Å²) in [5, 5.41) is 2.63. The molecule has 1 fully saturated rings. The van der Waals surface area contributed by atoms with Crippen molar-refractivity contribution in [3.05, 3.63) is 77.9 Å². The number of nitrogens with two attached hydrogens (primary N) is 1. The fourth-order valence-electron chi connectivity index (χ4n) is 3.58. The highest BCUT2D eigenvalue weighted by Crippen LogP contribution is 2.23. The second kappa shape index (κ2) is 7.26. The number of piperazine rings is 1. The number of fused-ring (bicyclic) bond motifs is 1. The van der Waals surface area contributed by atoms with Crippen LogP contribution in [0.15, 0.2) is 66.7 Å². The average Bonchev–Trinajstić information content (AvgIpc) is 2.69. The van der Waals surface area contributed by atoms with Crippen molar-refractivity contribution in [1.29, 1.82) is 0 Å². The van der Waals surface area contributed by atoms with Crippen molar-refractivity contribution < 1.29 is 0 Å². The first kappa shape index (κ1) is 16.1. The first-order valence-electron chi connectivity index (χ1n) is 9.06. The van der Waals surface area contributed by atoms with Gasteiger partial charge in [0, 0.05) is 45.0 Å². The van der Waals surface area contributed by atoms with Crippen LogP contribution in [0.3, 0.4) is 0 Å². The Balaban J connectivity index is 1.38. The third kappa shape index (κ3) is 3.68. The highest BCUT2D eigenvalue weighted by Gasteiger charge is 2.17. The van der Waals surface area contributed by atoms with Crippen LogP contribution in [0.5, 0.6) is 0 Å². The second-order valence-electron chi connectivity index (χ2n) is 6.82. The van der Waals surface area contributed by atoms with Gasteiger partial charge in [0.05, 0.1) is 0 Å². The van der Waals surface area contributed by atoms with Crippen LogP contribution in [-0.4, -0.2) is 31.1 Å². The average molecular weight is 331 g/mol. The molecule has 128 valence electrons. The molecule has 0 bridgehead atoms. The van der Waals surface area contributed by atoms with E-state index in [0.29, 0.717) is 6.54 Å². The molecular weight excluding hydrogens is 306 g/mol. The zero-order valence-electron chi connectivity index (χ0n) is 14.6. The maximum absolute atomic E-state index is 5.67. The molecule has 3 heteroatoms. The van der Waals surface area contributed by atoms with Crippen LogP contribution in [0, 0.1) is 0 Å². The van der Waals surface area contributed by atoms with E-state index in [1.54, 1.807) is 0 Å². The van der Waals surface area contributed by atoms with Crippen molar-refractivity contribution in [2.45, 2.75) is 13.1 Å². The van der Waals surface area contributed by atoms with Crippen molar-refractivity contribution in [1.82, 2.24) is 4.90 Å². The molecule has 3 aromatic rings. The van der Waals surface area contributed by atoms with E-state index in [4.69, 9.17) is 5.73 Å². The third-order valence-electron chi connectivity index (χ3n) is 5.14. The standard InChI is InChI=1S/C22H25N3/c23-16-18-5-7-19(8-6-18)17-24-11-13-25(14-12-24)22-10-9-20-3-1-2-4-21(20)15-22/h1-10,15H,11-14,16-17,23H2. The molecule has 4 rings (SSSR count). The van der Waals surface area contributed by atoms with E-state index in [-0.39, 0.29) is 0 Å². The minimum Gasteiger partial charge on any atom is -0.369 e. The minimum atomic E-state index is 0.616. The van der Waals surface area contributed by atoms with Crippen LogP contribution in [0.4, 0.5) is 5.69 Å². The molecule has 0 saturated carbocycles. The van der Waals surface area contributed by atoms with Crippen LogP contribution in [0.2, 0.25) is 0 Å². The summed E-state index contributed by atoms with van der Waals surface area (Å²) in [4.78, 5) is 5.04. The number of benzene rings is 3. The van der Waals surface area contributed by atoms with Crippen LogP contribution < -0.4 is 10.6 Å². The summed E-state index contributed by atoms with van der Waals surface area (Å²) in [5.74, 6) is 0. The quantitative estimate of drug-likeness (QED) is 0.792. The van der Waals surface area contributed by atoms with Gasteiger partial charge in [-0.15, -0.1) is 0 Å². The SMILES string of the molecule is NCc1ccc(CN2CCN(c3ccc4ccccc4c3)CC2)cc1. The predicted octanol–water partition coefficient (Wildman–Crippen LogP) is 3.62. The van der Waals surface area contributed by atoms with Gasteiger partial charge in [0.2, 0.25) is 0 Å². The number of hydrogen-bond donors (Lipinski definition) is 1. The zero-order chi connectivity index (χ0) is 17.1. The maximum Gasteiger partial charge on any atom is 0.0373 e. The van der Waals surface area contributed by atoms with Crippen LogP contribution in [0.25, 0.3) is 10.8 Å². The summed E-state index contributed by atoms with van der Waals surface area (Å²) in [5.41, 5.74) is 9.58. The van der Waals surface area contributed by atoms with Crippen LogP contribution in [-0.2, 0) is 13.1 Å². The monoisotopic (exact) mass is 331 g/mol. The molecule has 1 aliphatic heterocycles. The Bertz CT molecular complexity index is 833. The molecule has 1 heterocycles. The molecule has 1 saturated heterocycles. The van der Waals surface area contributed by atoms with E-state index < -0.39 is 0 Å². The number of nitrogens with zero attached hydrogens (tertiary/aromatic N) is 2. The summed E-state index contributed by atoms with van der Waals surface area (Å²) < 4.78 is 0. The van der Waals surface area contributed by atoms with E-state index in [1.807, 2.05) is 0 Å². The Morgan fingerprint density at radius 1 is 0.720 bits per heavy atom. The Morgan fingerprint density at radius 3 is 2.12 bits per heavy atom. The summed E-state index contributed by atoms with van der Waals surface area (Å²) in [6.07, 6.45) is 0. The largest absolute Gasteiger partial charge is 0.369 e. The number of rotatable bonds is 4. The van der Waals surface area contributed by atoms with Gasteiger partial charge < -0.3 is 10.6 Å². The first-order valence-corrected chi connectivity index (χ1v) is 9.06. The lowest BCUT2D eigenvalue weighted by Gasteiger charge is -2.36. The van der Waals surface area contributed by atoms with E-state index in [9.17, 15) is 0 Å². The lowest BCUT2D eigenvalue weighted by atomic mass is 10.1. The van der Waals surface area contributed by atoms with Crippen molar-refractivity contribution in [2.75, 3.05) is 31.1 Å². The Hall–Kier alpha value is -2.36. The second-order valence-corrected chi connectivity index (χ2v) is 6.82. The minimum absolute atomic E-state index is 0.616. The molecule has 0 unspecified atom stereocenters. The smallest absolute Gasteiger partial charge is 0.0373 e. The lowest BCUT2D eigenvalue weighted by molar-refractivity contribution is 0.250. The van der Waals surface area contributed by atoms with E-state index in [2.05, 4.69) is 76.5 Å². The van der Waals surface area contributed by atoms with Gasteiger partial charge >= 0.3 is 0 Å². The summed E-state index contributed by atoms with van der Waals surface area (Å²) in [6, 6.07) is 24.1. The summed E-state index contributed by atoms with van der Waals surface area (Å²) in [6.45, 7) is 6.01. The Kier molecular flexibility index (Phi) is 4.68. The molecule has 3 aromatic carbocycles. The van der Waals surface area contributed by atoms with Crippen LogP contribution >= 0.6 is 0 Å². The van der Waals surface area contributed by atoms with E-state index in [1.165, 1.54) is 27.6 Å². The maximum atomic E-state index is 5.67. The van der Waals surface area contributed by atoms with Gasteiger partial charge in [0.1, 0.15) is 0 Å². The van der Waals surface area contributed by atoms with E-state index in [0.717, 1.165) is 32.7 Å². The molecule has 25 heavy (non-hydrogen) atoms. The van der Waals surface area contributed by atoms with Crippen molar-refractivity contribution in [3.8, 4) is 0 Å². The van der Waals surface area contributed by atoms with Gasteiger partial charge in [-0.25, -0.2) is 0 Å². The molecule has 0 aliphatic carbocycles. The molecule has 0 amide bonds. The molecule has 0 aromatic heterocycles. The Labute approximate surface area is 149 Å². The first-order chi connectivity index (χ1) is 12.3. The molecule has 0 atom stereocenters. The van der Waals surface area contributed by atoms with Gasteiger partial charge in [0.25, 0.3) is 0 Å². The normalized spacial score (nSPS) is 15.6. The Morgan fingerprint density at radius 2 is 1.40 bits per heavy atom. The lowest BCUT2D eigenvalue weighted by Crippen LogP contribution is -2.45. The molecule has 2 N–H and O–H groups in total. The van der Waals surface area contributed by atoms with Crippen molar-refractivity contribution >= 4 is 16.5 Å². The van der Waals surface area contributed by atoms with Crippen molar-refractivity contribution in [3.63, 3.8) is 0 Å². The predicted molar refractivity (Wildman–Crippen MR) is 106 cm³/mol. The van der Waals surface area contributed by atoms with Gasteiger partial charge in [0.15, 0.2) is 0 Å². The van der Waals surface area contributed by atoms with Gasteiger partial charge in [-0.05, 0) is 34.0 Å². The van der Waals surface area contributed by atoms with Gasteiger partial charge in [-0.2, -0.15) is 0 Å². The zero-order valence-corrected chi connectivity index (χ0v) is 14.6. The molecule has 0 spiro atoms. The van der Waals surface area contributed by atoms with Gasteiger partial charge in [-0.1, -0.05) is 54.6 Å².